The van der Waals surface area contributed by atoms with Gasteiger partial charge in [0, 0.05) is 12.8 Å². The first-order chi connectivity index (χ1) is 12.0. The molecule has 138 valence electrons. The van der Waals surface area contributed by atoms with Gasteiger partial charge in [-0.3, -0.25) is 4.79 Å². The van der Waals surface area contributed by atoms with E-state index in [0.717, 1.165) is 12.8 Å². The van der Waals surface area contributed by atoms with Gasteiger partial charge in [-0.15, -0.1) is 0 Å². The first-order valence-corrected chi connectivity index (χ1v) is 8.67. The second kappa shape index (κ2) is 8.34. The molecular formula is C19H27NO5. The van der Waals surface area contributed by atoms with Crippen LogP contribution >= 0.6 is 0 Å². The zero-order valence-corrected chi connectivity index (χ0v) is 15.4. The highest BCUT2D eigenvalue weighted by Crippen LogP contribution is 2.36. The van der Waals surface area contributed by atoms with Crippen LogP contribution < -0.4 is 10.1 Å². The maximum atomic E-state index is 12.8. The third-order valence-electron chi connectivity index (χ3n) is 4.70. The smallest absolute Gasteiger partial charge is 0.341 e. The van der Waals surface area contributed by atoms with E-state index in [9.17, 15) is 9.59 Å². The van der Waals surface area contributed by atoms with Gasteiger partial charge in [-0.2, -0.15) is 0 Å². The Balaban J connectivity index is 2.23. The molecule has 6 nitrogen and oxygen atoms in total. The zero-order chi connectivity index (χ0) is 18.4. The number of hydrogen-bond acceptors (Lipinski definition) is 5. The van der Waals surface area contributed by atoms with E-state index < -0.39 is 11.6 Å². The maximum Gasteiger partial charge on any atom is 0.341 e. The number of anilines is 1. The molecule has 1 aliphatic rings. The number of methoxy groups -OCH3 is 2. The van der Waals surface area contributed by atoms with Crippen LogP contribution in [0.2, 0.25) is 0 Å². The number of nitrogens with one attached hydrogen (secondary N) is 1. The van der Waals surface area contributed by atoms with E-state index >= 15 is 0 Å². The SMILES string of the molecule is CCOc1ccc(NC(=O)[C@@]2(OC)CCC[C@@H](C)C2)cc1C(=O)OC. The van der Waals surface area contributed by atoms with E-state index in [2.05, 4.69) is 12.2 Å². The molecule has 2 rings (SSSR count). The van der Waals surface area contributed by atoms with Crippen LogP contribution in [-0.2, 0) is 14.3 Å². The molecule has 0 saturated heterocycles. The predicted octanol–water partition coefficient (Wildman–Crippen LogP) is 3.41. The Bertz CT molecular complexity index is 630. The fraction of sp³-hybridized carbons (Fsp3) is 0.579. The molecule has 2 atom stereocenters. The second-order valence-corrected chi connectivity index (χ2v) is 6.49. The van der Waals surface area contributed by atoms with Gasteiger partial charge in [-0.05, 0) is 50.3 Å². The van der Waals surface area contributed by atoms with Gasteiger partial charge >= 0.3 is 5.97 Å². The molecular weight excluding hydrogens is 322 g/mol. The van der Waals surface area contributed by atoms with Crippen LogP contribution in [0.3, 0.4) is 0 Å². The Morgan fingerprint density at radius 3 is 2.68 bits per heavy atom. The van der Waals surface area contributed by atoms with Crippen molar-refractivity contribution < 1.29 is 23.8 Å². The largest absolute Gasteiger partial charge is 0.493 e. The van der Waals surface area contributed by atoms with Crippen LogP contribution in [0.25, 0.3) is 0 Å². The number of esters is 1. The van der Waals surface area contributed by atoms with Crippen LogP contribution in [0.4, 0.5) is 5.69 Å². The van der Waals surface area contributed by atoms with Crippen LogP contribution in [0.1, 0.15) is 49.9 Å². The Kier molecular flexibility index (Phi) is 6.42. The van der Waals surface area contributed by atoms with Crippen LogP contribution in [0, 0.1) is 5.92 Å². The van der Waals surface area contributed by atoms with Crippen LogP contribution in [-0.4, -0.2) is 38.3 Å². The average Bonchev–Trinajstić information content (AvgIpc) is 2.62. The number of ether oxygens (including phenoxy) is 3. The topological polar surface area (TPSA) is 73.9 Å². The second-order valence-electron chi connectivity index (χ2n) is 6.49. The lowest BCUT2D eigenvalue weighted by molar-refractivity contribution is -0.143. The van der Waals surface area contributed by atoms with Gasteiger partial charge in [0.1, 0.15) is 16.9 Å². The van der Waals surface area contributed by atoms with Crippen molar-refractivity contribution in [3.63, 3.8) is 0 Å². The summed E-state index contributed by atoms with van der Waals surface area (Å²) in [5.74, 6) is 0.180. The highest BCUT2D eigenvalue weighted by molar-refractivity contribution is 5.99. The van der Waals surface area contributed by atoms with E-state index in [4.69, 9.17) is 14.2 Å². The molecule has 25 heavy (non-hydrogen) atoms. The summed E-state index contributed by atoms with van der Waals surface area (Å²) in [7, 11) is 2.89. The van der Waals surface area contributed by atoms with Gasteiger partial charge in [0.25, 0.3) is 5.91 Å². The van der Waals surface area contributed by atoms with E-state index in [1.54, 1.807) is 25.3 Å². The molecule has 0 unspecified atom stereocenters. The predicted molar refractivity (Wildman–Crippen MR) is 95.0 cm³/mol. The van der Waals surface area contributed by atoms with Crippen LogP contribution in [0.15, 0.2) is 18.2 Å². The molecule has 0 heterocycles. The Morgan fingerprint density at radius 2 is 2.08 bits per heavy atom. The number of benzene rings is 1. The van der Waals surface area contributed by atoms with Crippen molar-refractivity contribution >= 4 is 17.6 Å². The molecule has 0 spiro atoms. The number of amides is 1. The van der Waals surface area contributed by atoms with Crippen molar-refractivity contribution in [2.24, 2.45) is 5.92 Å². The van der Waals surface area contributed by atoms with Gasteiger partial charge in [0.2, 0.25) is 0 Å². The summed E-state index contributed by atoms with van der Waals surface area (Å²) >= 11 is 0. The molecule has 0 bridgehead atoms. The molecule has 0 aliphatic heterocycles. The standard InChI is InChI=1S/C19H27NO5/c1-5-25-16-9-8-14(11-15(16)17(21)23-3)20-18(22)19(24-4)10-6-7-13(2)12-19/h8-9,11,13H,5-7,10,12H2,1-4H3,(H,20,22)/t13-,19-/m1/s1. The molecule has 1 fully saturated rings. The number of carbonyl (C=O) groups is 2. The normalized spacial score (nSPS) is 23.0. The monoisotopic (exact) mass is 349 g/mol. The van der Waals surface area contributed by atoms with Crippen molar-refractivity contribution in [3.05, 3.63) is 23.8 Å². The Labute approximate surface area is 148 Å². The first-order valence-electron chi connectivity index (χ1n) is 8.67. The van der Waals surface area contributed by atoms with Gasteiger partial charge in [-0.25, -0.2) is 4.79 Å². The van der Waals surface area contributed by atoms with E-state index in [1.165, 1.54) is 7.11 Å². The average molecular weight is 349 g/mol. The van der Waals surface area contributed by atoms with Gasteiger partial charge in [0.05, 0.1) is 13.7 Å². The van der Waals surface area contributed by atoms with E-state index in [0.29, 0.717) is 36.8 Å². The summed E-state index contributed by atoms with van der Waals surface area (Å²) < 4.78 is 15.9. The molecule has 0 aromatic heterocycles. The Hall–Kier alpha value is -2.08. The summed E-state index contributed by atoms with van der Waals surface area (Å²) in [6.07, 6.45) is 3.45. The minimum atomic E-state index is -0.818. The Morgan fingerprint density at radius 1 is 1.32 bits per heavy atom. The molecule has 6 heteroatoms. The summed E-state index contributed by atoms with van der Waals surface area (Å²) in [4.78, 5) is 24.8. The molecule has 1 aromatic carbocycles. The fourth-order valence-electron chi connectivity index (χ4n) is 3.39. The number of rotatable bonds is 6. The minimum absolute atomic E-state index is 0.179. The van der Waals surface area contributed by atoms with Gasteiger partial charge in [-0.1, -0.05) is 13.3 Å². The minimum Gasteiger partial charge on any atom is -0.493 e. The van der Waals surface area contributed by atoms with Gasteiger partial charge in [0.15, 0.2) is 0 Å². The highest BCUT2D eigenvalue weighted by atomic mass is 16.5. The third-order valence-corrected chi connectivity index (χ3v) is 4.70. The summed E-state index contributed by atoms with van der Waals surface area (Å²) in [6, 6.07) is 4.95. The molecule has 0 radical (unpaired) electrons. The number of hydrogen-bond donors (Lipinski definition) is 1. The summed E-state index contributed by atoms with van der Waals surface area (Å²) in [5.41, 5.74) is -0.0176. The van der Waals surface area contributed by atoms with Crippen LogP contribution in [0.5, 0.6) is 5.75 Å². The van der Waals surface area contributed by atoms with E-state index in [1.807, 2.05) is 6.92 Å². The summed E-state index contributed by atoms with van der Waals surface area (Å²) in [5, 5.41) is 2.89. The van der Waals surface area contributed by atoms with E-state index in [-0.39, 0.29) is 11.5 Å². The lowest BCUT2D eigenvalue weighted by Gasteiger charge is -2.37. The first kappa shape index (κ1) is 19.2. The van der Waals surface area contributed by atoms with Gasteiger partial charge < -0.3 is 19.5 Å². The third kappa shape index (κ3) is 4.31. The van der Waals surface area contributed by atoms with Crippen molar-refractivity contribution in [1.82, 2.24) is 0 Å². The molecule has 1 aromatic rings. The lowest BCUT2D eigenvalue weighted by atomic mass is 9.78. The maximum absolute atomic E-state index is 12.8. The quantitative estimate of drug-likeness (QED) is 0.797. The molecule has 1 N–H and O–H groups in total. The van der Waals surface area contributed by atoms with Crippen molar-refractivity contribution in [3.8, 4) is 5.75 Å². The van der Waals surface area contributed by atoms with Crippen molar-refractivity contribution in [2.45, 2.75) is 45.1 Å². The molecule has 1 aliphatic carbocycles. The summed E-state index contributed by atoms with van der Waals surface area (Å²) in [6.45, 7) is 4.40. The zero-order valence-electron chi connectivity index (χ0n) is 15.4. The lowest BCUT2D eigenvalue weighted by Crippen LogP contribution is -2.47. The number of carbonyl (C=O) groups excluding carboxylic acids is 2. The van der Waals surface area contributed by atoms with Crippen molar-refractivity contribution in [1.29, 1.82) is 0 Å². The highest BCUT2D eigenvalue weighted by Gasteiger charge is 2.42. The molecule has 1 amide bonds. The van der Waals surface area contributed by atoms with Crippen molar-refractivity contribution in [2.75, 3.05) is 26.1 Å². The fourth-order valence-corrected chi connectivity index (χ4v) is 3.39. The molecule has 1 saturated carbocycles.